The quantitative estimate of drug-likeness (QED) is 0.165. The summed E-state index contributed by atoms with van der Waals surface area (Å²) in [6.45, 7) is 6.72. The number of imidazole rings is 1. The second-order valence-electron chi connectivity index (χ2n) is 16.3. The molecule has 4 aliphatic rings. The first-order valence-corrected chi connectivity index (χ1v) is 19.6. The largest absolute Gasteiger partial charge is 0.433 e. The lowest BCUT2D eigenvalue weighted by molar-refractivity contribution is -0.141. The van der Waals surface area contributed by atoms with Crippen molar-refractivity contribution in [2.45, 2.75) is 76.1 Å². The second kappa shape index (κ2) is 15.1. The monoisotopic (exact) mass is 818 g/mol. The fourth-order valence-electron chi connectivity index (χ4n) is 8.62. The summed E-state index contributed by atoms with van der Waals surface area (Å²) in [5.41, 5.74) is -0.910. The Morgan fingerprint density at radius 2 is 1.61 bits per heavy atom. The van der Waals surface area contributed by atoms with Crippen molar-refractivity contribution < 1.29 is 46.6 Å². The number of likely N-dealkylation sites (tertiary alicyclic amines) is 1. The van der Waals surface area contributed by atoms with Gasteiger partial charge in [0.15, 0.2) is 0 Å². The Labute approximate surface area is 335 Å². The summed E-state index contributed by atoms with van der Waals surface area (Å²) in [5.74, 6) is -3.59. The lowest BCUT2D eigenvalue weighted by Crippen LogP contribution is -2.54. The van der Waals surface area contributed by atoms with E-state index >= 15 is 4.39 Å². The first kappa shape index (κ1) is 40.0. The number of piperidine rings is 3. The minimum atomic E-state index is -4.72. The molecule has 0 aliphatic carbocycles. The number of aliphatic hydroxyl groups is 1. The highest BCUT2D eigenvalue weighted by molar-refractivity contribution is 6.23. The zero-order valence-electron chi connectivity index (χ0n) is 32.3. The Hall–Kier alpha value is -5.75. The summed E-state index contributed by atoms with van der Waals surface area (Å²) in [6, 6.07) is 6.08. The van der Waals surface area contributed by atoms with Crippen LogP contribution in [0.3, 0.4) is 0 Å². The number of nitrogens with zero attached hydrogens (tertiary/aromatic N) is 6. The number of hydrogen-bond acceptors (Lipinski definition) is 10. The van der Waals surface area contributed by atoms with Crippen LogP contribution in [-0.2, 0) is 21.4 Å². The predicted molar refractivity (Wildman–Crippen MR) is 204 cm³/mol. The van der Waals surface area contributed by atoms with Crippen molar-refractivity contribution in [3.8, 4) is 0 Å². The zero-order valence-corrected chi connectivity index (χ0v) is 32.3. The van der Waals surface area contributed by atoms with Gasteiger partial charge in [-0.1, -0.05) is 6.07 Å². The van der Waals surface area contributed by atoms with Crippen molar-refractivity contribution in [1.82, 2.24) is 29.5 Å². The van der Waals surface area contributed by atoms with Gasteiger partial charge in [-0.25, -0.2) is 14.4 Å². The molecule has 310 valence electrons. The molecule has 5 amide bonds. The van der Waals surface area contributed by atoms with Crippen LogP contribution in [0, 0.1) is 11.7 Å². The van der Waals surface area contributed by atoms with Gasteiger partial charge in [0.25, 0.3) is 17.7 Å². The molecule has 1 atom stereocenters. The maximum absolute atomic E-state index is 15.5. The van der Waals surface area contributed by atoms with Gasteiger partial charge >= 0.3 is 6.18 Å². The van der Waals surface area contributed by atoms with Crippen LogP contribution in [0.25, 0.3) is 5.65 Å². The topological polar surface area (TPSA) is 170 Å². The van der Waals surface area contributed by atoms with Crippen molar-refractivity contribution in [2.75, 3.05) is 42.9 Å². The first-order valence-electron chi connectivity index (χ1n) is 19.6. The Bertz CT molecular complexity index is 2380. The van der Waals surface area contributed by atoms with E-state index in [1.165, 1.54) is 26.0 Å². The van der Waals surface area contributed by atoms with Crippen LogP contribution in [0.5, 0.6) is 0 Å². The molecule has 7 heterocycles. The molecule has 0 bridgehead atoms. The van der Waals surface area contributed by atoms with Crippen molar-refractivity contribution in [2.24, 2.45) is 5.92 Å². The molecule has 4 aliphatic heterocycles. The Balaban J connectivity index is 0.874. The van der Waals surface area contributed by atoms with Crippen molar-refractivity contribution in [3.63, 3.8) is 0 Å². The zero-order chi connectivity index (χ0) is 42.0. The van der Waals surface area contributed by atoms with Gasteiger partial charge in [-0.2, -0.15) is 13.2 Å². The minimum Gasteiger partial charge on any atom is -0.386 e. The Morgan fingerprint density at radius 1 is 0.915 bits per heavy atom. The summed E-state index contributed by atoms with van der Waals surface area (Å²) in [7, 11) is 0. The number of anilines is 2. The number of amides is 5. The van der Waals surface area contributed by atoms with Crippen LogP contribution < -0.4 is 15.5 Å². The summed E-state index contributed by atoms with van der Waals surface area (Å²) in [5, 5.41) is 15.8. The fraction of sp³-hybridized carbons (Fsp3) is 0.439. The van der Waals surface area contributed by atoms with Crippen molar-refractivity contribution >= 4 is 46.6 Å². The maximum atomic E-state index is 15.5. The third-order valence-corrected chi connectivity index (χ3v) is 11.8. The van der Waals surface area contributed by atoms with Gasteiger partial charge in [0.1, 0.15) is 28.9 Å². The summed E-state index contributed by atoms with van der Waals surface area (Å²) >= 11 is 0. The molecular formula is C41H42F4N8O6. The second-order valence-corrected chi connectivity index (χ2v) is 16.3. The number of nitrogens with one attached hydrogen (secondary N) is 2. The van der Waals surface area contributed by atoms with E-state index in [0.717, 1.165) is 74.1 Å². The summed E-state index contributed by atoms with van der Waals surface area (Å²) in [4.78, 5) is 77.0. The van der Waals surface area contributed by atoms with Gasteiger partial charge in [0.05, 0.1) is 33.8 Å². The lowest BCUT2D eigenvalue weighted by atomic mass is 9.91. The molecule has 0 radical (unpaired) electrons. The molecule has 3 fully saturated rings. The third kappa shape index (κ3) is 7.90. The van der Waals surface area contributed by atoms with Crippen LogP contribution in [-0.4, -0.2) is 97.6 Å². The fourth-order valence-corrected chi connectivity index (χ4v) is 8.62. The number of imide groups is 2. The van der Waals surface area contributed by atoms with E-state index in [4.69, 9.17) is 4.98 Å². The molecule has 0 spiro atoms. The Morgan fingerprint density at radius 3 is 2.27 bits per heavy atom. The molecule has 0 unspecified atom stereocenters. The van der Waals surface area contributed by atoms with Gasteiger partial charge < -0.3 is 24.6 Å². The number of carbonyl (C=O) groups excluding carboxylic acids is 5. The van der Waals surface area contributed by atoms with Gasteiger partial charge in [0.2, 0.25) is 11.8 Å². The number of pyridine rings is 2. The van der Waals surface area contributed by atoms with E-state index in [9.17, 15) is 42.3 Å². The number of halogens is 4. The lowest BCUT2D eigenvalue weighted by Gasteiger charge is -2.38. The highest BCUT2D eigenvalue weighted by atomic mass is 19.4. The van der Waals surface area contributed by atoms with Crippen LogP contribution in [0.15, 0.2) is 48.8 Å². The maximum Gasteiger partial charge on any atom is 0.433 e. The number of aromatic nitrogens is 3. The van der Waals surface area contributed by atoms with Crippen LogP contribution in [0.4, 0.5) is 28.9 Å². The summed E-state index contributed by atoms with van der Waals surface area (Å²) in [6.07, 6.45) is 2.03. The van der Waals surface area contributed by atoms with E-state index in [2.05, 4.69) is 20.5 Å². The van der Waals surface area contributed by atoms with Gasteiger partial charge in [-0.15, -0.1) is 0 Å². The van der Waals surface area contributed by atoms with E-state index < -0.39 is 64.6 Å². The third-order valence-electron chi connectivity index (χ3n) is 11.8. The van der Waals surface area contributed by atoms with Gasteiger partial charge in [-0.05, 0) is 95.3 Å². The SMILES string of the molecule is CC(C)(O)c1cc2nc(C3CCN(CC4CCN(c5cc6c(cc5F)C(=O)N([C@@H]5CCC(=O)NC5=O)C6=O)CC4)CC3)cn2cc1NC(=O)c1cccc(C(F)(F)F)n1. The smallest absolute Gasteiger partial charge is 0.386 e. The van der Waals surface area contributed by atoms with E-state index in [1.807, 2.05) is 11.1 Å². The molecule has 3 aromatic heterocycles. The molecule has 59 heavy (non-hydrogen) atoms. The molecule has 18 heteroatoms. The van der Waals surface area contributed by atoms with E-state index in [1.54, 1.807) is 16.7 Å². The standard InChI is InChI=1S/C41H42F4N8O6/c1-40(2,59)26-18-34-47-29(20-52(34)21-30(26)48-36(55)28-4-3-5-33(46-28)41(43,44)45)23-10-12-50(13-11-23)19-22-8-14-51(15-9-22)32-17-25-24(16-27(32)42)38(57)53(39(25)58)31-6-7-35(54)49-37(31)56/h3-5,16-18,20-23,31,59H,6-15,19H2,1-2H3,(H,48,55)(H,49,54,56)/t31-/m1/s1. The average molecular weight is 819 g/mol. The number of alkyl halides is 3. The molecule has 1 aromatic carbocycles. The minimum absolute atomic E-state index is 0.00642. The highest BCUT2D eigenvalue weighted by Gasteiger charge is 2.45. The molecule has 0 saturated carbocycles. The predicted octanol–water partition coefficient (Wildman–Crippen LogP) is 4.86. The number of rotatable bonds is 8. The van der Waals surface area contributed by atoms with Crippen molar-refractivity contribution in [3.05, 3.63) is 88.4 Å². The molecule has 3 N–H and O–H groups in total. The molecule has 3 saturated heterocycles. The Kier molecular flexibility index (Phi) is 10.3. The molecular weight excluding hydrogens is 776 g/mol. The van der Waals surface area contributed by atoms with E-state index in [-0.39, 0.29) is 41.3 Å². The molecule has 4 aromatic rings. The number of fused-ring (bicyclic) bond motifs is 2. The first-order chi connectivity index (χ1) is 27.9. The highest BCUT2D eigenvalue weighted by Crippen LogP contribution is 2.36. The molecule has 8 rings (SSSR count). The van der Waals surface area contributed by atoms with Crippen LogP contribution in [0.1, 0.15) is 106 Å². The van der Waals surface area contributed by atoms with Crippen LogP contribution in [0.2, 0.25) is 0 Å². The van der Waals surface area contributed by atoms with Crippen molar-refractivity contribution in [1.29, 1.82) is 0 Å². The van der Waals surface area contributed by atoms with E-state index in [0.29, 0.717) is 30.2 Å². The average Bonchev–Trinajstić information content (AvgIpc) is 3.71. The van der Waals surface area contributed by atoms with Gasteiger partial charge in [0, 0.05) is 49.9 Å². The molecule has 14 nitrogen and oxygen atoms in total. The number of hydrogen-bond donors (Lipinski definition) is 3. The summed E-state index contributed by atoms with van der Waals surface area (Å²) < 4.78 is 56.9. The van der Waals surface area contributed by atoms with Gasteiger partial charge in [-0.3, -0.25) is 34.2 Å². The number of benzene rings is 1. The normalized spacial score (nSPS) is 20.1. The number of carbonyl (C=O) groups is 5. The van der Waals surface area contributed by atoms with Crippen LogP contribution >= 0.6 is 0 Å².